The number of methoxy groups -OCH3 is 1. The summed E-state index contributed by atoms with van der Waals surface area (Å²) < 4.78 is 11.3. The van der Waals surface area contributed by atoms with Crippen molar-refractivity contribution in [1.29, 1.82) is 0 Å². The van der Waals surface area contributed by atoms with E-state index in [1.54, 1.807) is 0 Å². The lowest BCUT2D eigenvalue weighted by Gasteiger charge is -2.37. The molecule has 112 valence electrons. The SMILES string of the molecule is COC1(CN2CCCNC(C(C)(C)C)C2)CCOC1. The van der Waals surface area contributed by atoms with Crippen molar-refractivity contribution >= 4 is 0 Å². The zero-order chi connectivity index (χ0) is 13.9. The summed E-state index contributed by atoms with van der Waals surface area (Å²) >= 11 is 0. The molecule has 0 spiro atoms. The fraction of sp³-hybridized carbons (Fsp3) is 1.00. The third-order valence-corrected chi connectivity index (χ3v) is 4.54. The molecule has 2 atom stereocenters. The minimum absolute atomic E-state index is 0.0766. The maximum absolute atomic E-state index is 5.78. The standard InChI is InChI=1S/C15H30N2O2/c1-14(2,3)13-10-17(8-5-7-16-13)11-15(18-4)6-9-19-12-15/h13,16H,5-12H2,1-4H3. The van der Waals surface area contributed by atoms with E-state index >= 15 is 0 Å². The maximum Gasteiger partial charge on any atom is 0.106 e. The molecule has 2 heterocycles. The van der Waals surface area contributed by atoms with E-state index in [0.29, 0.717) is 11.5 Å². The molecule has 2 aliphatic heterocycles. The number of ether oxygens (including phenoxy) is 2. The number of nitrogens with zero attached hydrogens (tertiary/aromatic N) is 1. The van der Waals surface area contributed by atoms with E-state index in [9.17, 15) is 0 Å². The molecule has 0 saturated carbocycles. The molecule has 0 radical (unpaired) electrons. The highest BCUT2D eigenvalue weighted by atomic mass is 16.5. The molecule has 0 bridgehead atoms. The van der Waals surface area contributed by atoms with Gasteiger partial charge in [0.15, 0.2) is 0 Å². The van der Waals surface area contributed by atoms with Crippen LogP contribution in [0.5, 0.6) is 0 Å². The van der Waals surface area contributed by atoms with Crippen LogP contribution >= 0.6 is 0 Å². The molecular weight excluding hydrogens is 240 g/mol. The lowest BCUT2D eigenvalue weighted by molar-refractivity contribution is -0.0424. The quantitative estimate of drug-likeness (QED) is 0.843. The highest BCUT2D eigenvalue weighted by Crippen LogP contribution is 2.26. The van der Waals surface area contributed by atoms with Crippen LogP contribution in [0.3, 0.4) is 0 Å². The van der Waals surface area contributed by atoms with Crippen LogP contribution in [0.15, 0.2) is 0 Å². The smallest absolute Gasteiger partial charge is 0.106 e. The van der Waals surface area contributed by atoms with Gasteiger partial charge in [-0.2, -0.15) is 0 Å². The van der Waals surface area contributed by atoms with Crippen molar-refractivity contribution in [1.82, 2.24) is 10.2 Å². The van der Waals surface area contributed by atoms with Crippen molar-refractivity contribution in [2.75, 3.05) is 46.5 Å². The molecule has 2 aliphatic rings. The van der Waals surface area contributed by atoms with E-state index < -0.39 is 0 Å². The van der Waals surface area contributed by atoms with Crippen LogP contribution in [0.25, 0.3) is 0 Å². The lowest BCUT2D eigenvalue weighted by Crippen LogP contribution is -2.51. The van der Waals surface area contributed by atoms with Crippen molar-refractivity contribution in [3.63, 3.8) is 0 Å². The van der Waals surface area contributed by atoms with Crippen LogP contribution in [0.4, 0.5) is 0 Å². The van der Waals surface area contributed by atoms with Crippen molar-refractivity contribution in [2.24, 2.45) is 5.41 Å². The first kappa shape index (κ1) is 15.2. The van der Waals surface area contributed by atoms with Gasteiger partial charge in [0, 0.05) is 39.3 Å². The molecule has 2 rings (SSSR count). The minimum atomic E-state index is -0.0766. The Morgan fingerprint density at radius 1 is 1.42 bits per heavy atom. The zero-order valence-electron chi connectivity index (χ0n) is 13.0. The third-order valence-electron chi connectivity index (χ3n) is 4.54. The Bertz CT molecular complexity index is 282. The van der Waals surface area contributed by atoms with Crippen LogP contribution in [0, 0.1) is 5.41 Å². The second-order valence-corrected chi connectivity index (χ2v) is 7.15. The first-order valence-corrected chi connectivity index (χ1v) is 7.54. The molecule has 1 N–H and O–H groups in total. The van der Waals surface area contributed by atoms with Gasteiger partial charge in [-0.1, -0.05) is 20.8 Å². The van der Waals surface area contributed by atoms with Crippen molar-refractivity contribution in [2.45, 2.75) is 45.3 Å². The van der Waals surface area contributed by atoms with Crippen LogP contribution in [0.1, 0.15) is 33.6 Å². The van der Waals surface area contributed by atoms with Crippen LogP contribution < -0.4 is 5.32 Å². The molecule has 0 aliphatic carbocycles. The third kappa shape index (κ3) is 3.91. The largest absolute Gasteiger partial charge is 0.378 e. The Hall–Kier alpha value is -0.160. The average Bonchev–Trinajstić information content (AvgIpc) is 2.67. The fourth-order valence-electron chi connectivity index (χ4n) is 3.06. The Morgan fingerprint density at radius 3 is 2.79 bits per heavy atom. The predicted molar refractivity (Wildman–Crippen MR) is 77.5 cm³/mol. The van der Waals surface area contributed by atoms with Gasteiger partial charge in [-0.25, -0.2) is 0 Å². The number of nitrogens with one attached hydrogen (secondary N) is 1. The highest BCUT2D eigenvalue weighted by Gasteiger charge is 2.38. The highest BCUT2D eigenvalue weighted by molar-refractivity contribution is 4.92. The molecule has 19 heavy (non-hydrogen) atoms. The molecule has 4 heteroatoms. The maximum atomic E-state index is 5.78. The lowest BCUT2D eigenvalue weighted by atomic mass is 9.86. The van der Waals surface area contributed by atoms with E-state index in [1.807, 2.05) is 7.11 Å². The molecular formula is C15H30N2O2. The average molecular weight is 270 g/mol. The van der Waals surface area contributed by atoms with Gasteiger partial charge < -0.3 is 14.8 Å². The summed E-state index contributed by atoms with van der Waals surface area (Å²) in [6.07, 6.45) is 2.24. The summed E-state index contributed by atoms with van der Waals surface area (Å²) in [6, 6.07) is 0.547. The molecule has 0 amide bonds. The van der Waals surface area contributed by atoms with Crippen molar-refractivity contribution in [3.05, 3.63) is 0 Å². The predicted octanol–water partition coefficient (Wildman–Crippen LogP) is 1.50. The first-order chi connectivity index (χ1) is 8.95. The molecule has 0 aromatic heterocycles. The minimum Gasteiger partial charge on any atom is -0.378 e. The Morgan fingerprint density at radius 2 is 2.21 bits per heavy atom. The summed E-state index contributed by atoms with van der Waals surface area (Å²) in [5.74, 6) is 0. The number of rotatable bonds is 3. The summed E-state index contributed by atoms with van der Waals surface area (Å²) in [5, 5.41) is 3.69. The second kappa shape index (κ2) is 6.08. The van der Waals surface area contributed by atoms with E-state index in [1.165, 1.54) is 6.42 Å². The summed E-state index contributed by atoms with van der Waals surface area (Å²) in [7, 11) is 1.83. The van der Waals surface area contributed by atoms with Gasteiger partial charge in [-0.15, -0.1) is 0 Å². The fourth-order valence-corrected chi connectivity index (χ4v) is 3.06. The molecule has 2 saturated heterocycles. The van der Waals surface area contributed by atoms with E-state index in [-0.39, 0.29) is 5.60 Å². The van der Waals surface area contributed by atoms with E-state index in [4.69, 9.17) is 9.47 Å². The van der Waals surface area contributed by atoms with Gasteiger partial charge in [0.05, 0.1) is 6.61 Å². The van der Waals surface area contributed by atoms with Gasteiger partial charge >= 0.3 is 0 Å². The summed E-state index contributed by atoms with van der Waals surface area (Å²) in [4.78, 5) is 2.56. The van der Waals surface area contributed by atoms with Gasteiger partial charge in [0.2, 0.25) is 0 Å². The van der Waals surface area contributed by atoms with Crippen molar-refractivity contribution < 1.29 is 9.47 Å². The zero-order valence-corrected chi connectivity index (χ0v) is 13.0. The van der Waals surface area contributed by atoms with Gasteiger partial charge in [-0.05, 0) is 24.9 Å². The van der Waals surface area contributed by atoms with Crippen LogP contribution in [-0.2, 0) is 9.47 Å². The first-order valence-electron chi connectivity index (χ1n) is 7.54. The van der Waals surface area contributed by atoms with Gasteiger partial charge in [0.25, 0.3) is 0 Å². The molecule has 0 aromatic carbocycles. The van der Waals surface area contributed by atoms with Crippen molar-refractivity contribution in [3.8, 4) is 0 Å². The number of hydrogen-bond donors (Lipinski definition) is 1. The molecule has 2 unspecified atom stereocenters. The van der Waals surface area contributed by atoms with Crippen LogP contribution in [-0.4, -0.2) is 63.0 Å². The molecule has 4 nitrogen and oxygen atoms in total. The molecule has 0 aromatic rings. The van der Waals surface area contributed by atoms with Gasteiger partial charge in [0.1, 0.15) is 5.60 Å². The summed E-state index contributed by atoms with van der Waals surface area (Å²) in [6.45, 7) is 12.9. The van der Waals surface area contributed by atoms with Gasteiger partial charge in [-0.3, -0.25) is 4.90 Å². The Kier molecular flexibility index (Phi) is 4.88. The topological polar surface area (TPSA) is 33.7 Å². The number of hydrogen-bond acceptors (Lipinski definition) is 4. The van der Waals surface area contributed by atoms with Crippen LogP contribution in [0.2, 0.25) is 0 Å². The Balaban J connectivity index is 1.98. The Labute approximate surface area is 117 Å². The second-order valence-electron chi connectivity index (χ2n) is 7.15. The molecule has 2 fully saturated rings. The summed E-state index contributed by atoms with van der Waals surface area (Å²) in [5.41, 5.74) is 0.224. The normalized spacial score (nSPS) is 34.4. The van der Waals surface area contributed by atoms with E-state index in [2.05, 4.69) is 31.0 Å². The monoisotopic (exact) mass is 270 g/mol. The van der Waals surface area contributed by atoms with E-state index in [0.717, 1.165) is 45.8 Å².